The number of anilines is 1. The standard InChI is InChI=1S/C20H30N4O2/c1-5-24(6-2)17-10-8-16(9-11-17)19(25)23-18(12-7-15(3)4)20(26)22-14-13-21/h8-11,15,18H,5-7,12,14H2,1-4H3,(H,22,26)(H,23,25). The zero-order valence-corrected chi connectivity index (χ0v) is 16.2. The largest absolute Gasteiger partial charge is 0.372 e. The monoisotopic (exact) mass is 358 g/mol. The molecule has 1 aromatic carbocycles. The zero-order chi connectivity index (χ0) is 19.5. The summed E-state index contributed by atoms with van der Waals surface area (Å²) in [6, 6.07) is 8.63. The molecule has 6 nitrogen and oxygen atoms in total. The molecule has 6 heteroatoms. The highest BCUT2D eigenvalue weighted by Crippen LogP contribution is 2.15. The minimum Gasteiger partial charge on any atom is -0.372 e. The molecule has 142 valence electrons. The molecule has 1 unspecified atom stereocenters. The van der Waals surface area contributed by atoms with Crippen LogP contribution in [-0.2, 0) is 4.79 Å². The molecule has 0 saturated heterocycles. The lowest BCUT2D eigenvalue weighted by Gasteiger charge is -2.21. The van der Waals surface area contributed by atoms with Crippen molar-refractivity contribution in [2.45, 2.75) is 46.6 Å². The zero-order valence-electron chi connectivity index (χ0n) is 16.2. The fourth-order valence-electron chi connectivity index (χ4n) is 2.67. The molecule has 0 aromatic heterocycles. The van der Waals surface area contributed by atoms with Gasteiger partial charge in [0.1, 0.15) is 12.6 Å². The topological polar surface area (TPSA) is 85.2 Å². The van der Waals surface area contributed by atoms with Crippen LogP contribution in [0.25, 0.3) is 0 Å². The summed E-state index contributed by atoms with van der Waals surface area (Å²) in [5, 5.41) is 14.0. The van der Waals surface area contributed by atoms with Crippen molar-refractivity contribution in [1.82, 2.24) is 10.6 Å². The highest BCUT2D eigenvalue weighted by molar-refractivity contribution is 5.97. The number of benzene rings is 1. The van der Waals surface area contributed by atoms with Gasteiger partial charge in [-0.3, -0.25) is 9.59 Å². The number of nitriles is 1. The van der Waals surface area contributed by atoms with Gasteiger partial charge in [0.05, 0.1) is 6.07 Å². The summed E-state index contributed by atoms with van der Waals surface area (Å²) < 4.78 is 0. The van der Waals surface area contributed by atoms with Gasteiger partial charge in [-0.2, -0.15) is 5.26 Å². The van der Waals surface area contributed by atoms with Crippen LogP contribution < -0.4 is 15.5 Å². The smallest absolute Gasteiger partial charge is 0.251 e. The number of hydrogen-bond acceptors (Lipinski definition) is 4. The molecule has 26 heavy (non-hydrogen) atoms. The van der Waals surface area contributed by atoms with Gasteiger partial charge in [0.15, 0.2) is 0 Å². The van der Waals surface area contributed by atoms with Gasteiger partial charge < -0.3 is 15.5 Å². The lowest BCUT2D eigenvalue weighted by atomic mass is 10.0. The summed E-state index contributed by atoms with van der Waals surface area (Å²) in [7, 11) is 0. The summed E-state index contributed by atoms with van der Waals surface area (Å²) in [6.07, 6.45) is 1.35. The van der Waals surface area contributed by atoms with E-state index in [1.807, 2.05) is 18.2 Å². The summed E-state index contributed by atoms with van der Waals surface area (Å²) in [6.45, 7) is 10.0. The number of nitrogens with one attached hydrogen (secondary N) is 2. The molecule has 0 radical (unpaired) electrons. The van der Waals surface area contributed by atoms with E-state index < -0.39 is 6.04 Å². The van der Waals surface area contributed by atoms with Crippen molar-refractivity contribution >= 4 is 17.5 Å². The predicted molar refractivity (Wildman–Crippen MR) is 104 cm³/mol. The van der Waals surface area contributed by atoms with Crippen LogP contribution in [0.15, 0.2) is 24.3 Å². The normalized spacial score (nSPS) is 11.5. The number of amides is 2. The Morgan fingerprint density at radius 1 is 1.12 bits per heavy atom. The lowest BCUT2D eigenvalue weighted by molar-refractivity contribution is -0.122. The van der Waals surface area contributed by atoms with Crippen LogP contribution in [0, 0.1) is 17.2 Å². The van der Waals surface area contributed by atoms with Crippen molar-refractivity contribution in [2.75, 3.05) is 24.5 Å². The molecular formula is C20H30N4O2. The van der Waals surface area contributed by atoms with Crippen molar-refractivity contribution in [1.29, 1.82) is 5.26 Å². The van der Waals surface area contributed by atoms with Crippen LogP contribution in [0.4, 0.5) is 5.69 Å². The second kappa shape index (κ2) is 11.1. The Bertz CT molecular complexity index is 616. The SMILES string of the molecule is CCN(CC)c1ccc(C(=O)NC(CCC(C)C)C(=O)NCC#N)cc1. The first-order valence-corrected chi connectivity index (χ1v) is 9.23. The Morgan fingerprint density at radius 3 is 2.23 bits per heavy atom. The first-order valence-electron chi connectivity index (χ1n) is 9.23. The predicted octanol–water partition coefficient (Wildman–Crippen LogP) is 2.71. The average molecular weight is 358 g/mol. The molecule has 1 rings (SSSR count). The molecule has 0 fully saturated rings. The van der Waals surface area contributed by atoms with Gasteiger partial charge >= 0.3 is 0 Å². The highest BCUT2D eigenvalue weighted by Gasteiger charge is 2.21. The third kappa shape index (κ3) is 6.75. The van der Waals surface area contributed by atoms with Gasteiger partial charge in [0, 0.05) is 24.3 Å². The third-order valence-electron chi connectivity index (χ3n) is 4.25. The minimum atomic E-state index is -0.638. The number of rotatable bonds is 10. The van der Waals surface area contributed by atoms with Crippen molar-refractivity contribution in [3.05, 3.63) is 29.8 Å². The Labute approximate surface area is 156 Å². The van der Waals surface area contributed by atoms with Crippen LogP contribution in [0.1, 0.15) is 50.9 Å². The van der Waals surface area contributed by atoms with Gasteiger partial charge in [0.25, 0.3) is 5.91 Å². The molecule has 0 bridgehead atoms. The van der Waals surface area contributed by atoms with Crippen molar-refractivity contribution in [3.8, 4) is 6.07 Å². The van der Waals surface area contributed by atoms with E-state index in [9.17, 15) is 9.59 Å². The van der Waals surface area contributed by atoms with Gasteiger partial charge in [-0.05, 0) is 56.9 Å². The first kappa shape index (κ1) is 21.5. The van der Waals surface area contributed by atoms with Crippen LogP contribution >= 0.6 is 0 Å². The first-order chi connectivity index (χ1) is 12.4. The number of hydrogen-bond donors (Lipinski definition) is 2. The van der Waals surface area contributed by atoms with E-state index in [2.05, 4.69) is 43.2 Å². The van der Waals surface area contributed by atoms with E-state index in [1.54, 1.807) is 12.1 Å². The quantitative estimate of drug-likeness (QED) is 0.630. The molecule has 2 N–H and O–H groups in total. The second-order valence-corrected chi connectivity index (χ2v) is 6.59. The van der Waals surface area contributed by atoms with Crippen molar-refractivity contribution in [3.63, 3.8) is 0 Å². The van der Waals surface area contributed by atoms with E-state index in [4.69, 9.17) is 5.26 Å². The minimum absolute atomic E-state index is 0.0640. The maximum atomic E-state index is 12.5. The van der Waals surface area contributed by atoms with Crippen LogP contribution in [0.3, 0.4) is 0 Å². The van der Waals surface area contributed by atoms with Crippen LogP contribution in [-0.4, -0.2) is 37.5 Å². The van der Waals surface area contributed by atoms with Gasteiger partial charge in [-0.15, -0.1) is 0 Å². The number of carbonyl (C=O) groups excluding carboxylic acids is 2. The molecule has 2 amide bonds. The Balaban J connectivity index is 2.81. The van der Waals surface area contributed by atoms with Crippen molar-refractivity contribution < 1.29 is 9.59 Å². The summed E-state index contributed by atoms with van der Waals surface area (Å²) in [5.41, 5.74) is 1.58. The highest BCUT2D eigenvalue weighted by atomic mass is 16.2. The summed E-state index contributed by atoms with van der Waals surface area (Å²) in [4.78, 5) is 26.9. The van der Waals surface area contributed by atoms with Gasteiger partial charge in [-0.1, -0.05) is 13.8 Å². The maximum Gasteiger partial charge on any atom is 0.251 e. The van der Waals surface area contributed by atoms with E-state index in [-0.39, 0.29) is 18.4 Å². The van der Waals surface area contributed by atoms with Gasteiger partial charge in [-0.25, -0.2) is 0 Å². The molecule has 1 aromatic rings. The molecule has 0 saturated carbocycles. The van der Waals surface area contributed by atoms with E-state index >= 15 is 0 Å². The Morgan fingerprint density at radius 2 is 1.73 bits per heavy atom. The molecule has 0 aliphatic rings. The molecule has 0 heterocycles. The molecule has 0 aliphatic carbocycles. The average Bonchev–Trinajstić information content (AvgIpc) is 2.64. The molecule has 0 spiro atoms. The fourth-order valence-corrected chi connectivity index (χ4v) is 2.67. The Hall–Kier alpha value is -2.55. The molecular weight excluding hydrogens is 328 g/mol. The van der Waals surface area contributed by atoms with Gasteiger partial charge in [0.2, 0.25) is 5.91 Å². The fraction of sp³-hybridized carbons (Fsp3) is 0.550. The van der Waals surface area contributed by atoms with E-state index in [0.29, 0.717) is 17.9 Å². The third-order valence-corrected chi connectivity index (χ3v) is 4.25. The summed E-state index contributed by atoms with van der Waals surface area (Å²) >= 11 is 0. The lowest BCUT2D eigenvalue weighted by Crippen LogP contribution is -2.47. The molecule has 1 atom stereocenters. The second-order valence-electron chi connectivity index (χ2n) is 6.59. The van der Waals surface area contributed by atoms with E-state index in [0.717, 1.165) is 25.2 Å². The number of nitrogens with zero attached hydrogens (tertiary/aromatic N) is 2. The van der Waals surface area contributed by atoms with Crippen molar-refractivity contribution in [2.24, 2.45) is 5.92 Å². The van der Waals surface area contributed by atoms with Crippen LogP contribution in [0.2, 0.25) is 0 Å². The molecule has 0 aliphatic heterocycles. The van der Waals surface area contributed by atoms with Crippen LogP contribution in [0.5, 0.6) is 0 Å². The van der Waals surface area contributed by atoms with E-state index in [1.165, 1.54) is 0 Å². The maximum absolute atomic E-state index is 12.5. The summed E-state index contributed by atoms with van der Waals surface area (Å²) in [5.74, 6) is -0.177. The Kier molecular flexibility index (Phi) is 9.21. The number of carbonyl (C=O) groups is 2.